The predicted octanol–water partition coefficient (Wildman–Crippen LogP) is 2.30. The first kappa shape index (κ1) is 16.6. The van der Waals surface area contributed by atoms with Gasteiger partial charge < -0.3 is 11.1 Å². The van der Waals surface area contributed by atoms with Crippen molar-refractivity contribution >= 4 is 29.7 Å². The van der Waals surface area contributed by atoms with Gasteiger partial charge in [0.05, 0.1) is 5.01 Å². The van der Waals surface area contributed by atoms with E-state index in [1.54, 1.807) is 5.38 Å². The Bertz CT molecular complexity index is 571. The maximum Gasteiger partial charge on any atom is 0.271 e. The van der Waals surface area contributed by atoms with E-state index in [-0.39, 0.29) is 18.3 Å². The average molecular weight is 312 g/mol. The first-order chi connectivity index (χ1) is 9.19. The molecule has 4 nitrogen and oxygen atoms in total. The molecule has 0 saturated carbocycles. The molecule has 108 valence electrons. The number of nitrogens with zero attached hydrogens (tertiary/aromatic N) is 1. The Morgan fingerprint density at radius 3 is 2.95 bits per heavy atom. The molecule has 2 aromatic rings. The van der Waals surface area contributed by atoms with Gasteiger partial charge in [0.2, 0.25) is 0 Å². The fourth-order valence-corrected chi connectivity index (χ4v) is 2.54. The Morgan fingerprint density at radius 1 is 1.45 bits per heavy atom. The molecule has 3 N–H and O–H groups in total. The highest BCUT2D eigenvalue weighted by Crippen LogP contribution is 2.10. The van der Waals surface area contributed by atoms with Crippen LogP contribution in [0.25, 0.3) is 0 Å². The second-order valence-corrected chi connectivity index (χ2v) is 5.28. The standard InChI is InChI=1S/C14H17N3OS.ClH/c1-10-3-2-4-11(7-10)8-16-14(18)12-9-19-13(17-12)5-6-15;/h2-4,7,9H,5-6,8,15H2,1H3,(H,16,18);1H. The highest BCUT2D eigenvalue weighted by atomic mass is 35.5. The van der Waals surface area contributed by atoms with Gasteiger partial charge in [-0.2, -0.15) is 0 Å². The Hall–Kier alpha value is -1.43. The Morgan fingerprint density at radius 2 is 2.25 bits per heavy atom. The molecule has 1 amide bonds. The molecule has 0 bridgehead atoms. The molecule has 0 aliphatic heterocycles. The lowest BCUT2D eigenvalue weighted by atomic mass is 10.1. The smallest absolute Gasteiger partial charge is 0.271 e. The lowest BCUT2D eigenvalue weighted by Crippen LogP contribution is -2.23. The van der Waals surface area contributed by atoms with E-state index in [9.17, 15) is 4.79 Å². The Labute approximate surface area is 128 Å². The molecule has 0 atom stereocenters. The van der Waals surface area contributed by atoms with Crippen LogP contribution >= 0.6 is 23.7 Å². The minimum atomic E-state index is -0.138. The van der Waals surface area contributed by atoms with Crippen LogP contribution in [0.1, 0.15) is 26.6 Å². The third kappa shape index (κ3) is 4.59. The number of amides is 1. The average Bonchev–Trinajstić information content (AvgIpc) is 2.85. The minimum absolute atomic E-state index is 0. The number of aryl methyl sites for hydroxylation is 1. The number of nitrogens with one attached hydrogen (secondary N) is 1. The largest absolute Gasteiger partial charge is 0.347 e. The van der Waals surface area contributed by atoms with Crippen molar-refractivity contribution in [1.29, 1.82) is 0 Å². The van der Waals surface area contributed by atoms with Gasteiger partial charge in [0.25, 0.3) is 5.91 Å². The van der Waals surface area contributed by atoms with Gasteiger partial charge in [-0.05, 0) is 19.0 Å². The third-order valence-electron chi connectivity index (χ3n) is 2.68. The van der Waals surface area contributed by atoms with Gasteiger partial charge >= 0.3 is 0 Å². The van der Waals surface area contributed by atoms with Crippen LogP contribution in [-0.2, 0) is 13.0 Å². The van der Waals surface area contributed by atoms with Gasteiger partial charge in [0.1, 0.15) is 5.69 Å². The number of carbonyl (C=O) groups excluding carboxylic acids is 1. The lowest BCUT2D eigenvalue weighted by molar-refractivity contribution is 0.0946. The quantitative estimate of drug-likeness (QED) is 0.890. The van der Waals surface area contributed by atoms with Crippen molar-refractivity contribution < 1.29 is 4.79 Å². The summed E-state index contributed by atoms with van der Waals surface area (Å²) in [4.78, 5) is 16.2. The normalized spacial score (nSPS) is 9.90. The number of carbonyl (C=O) groups is 1. The molecule has 1 aromatic heterocycles. The van der Waals surface area contributed by atoms with E-state index in [0.29, 0.717) is 18.8 Å². The molecular formula is C14H18ClN3OS. The van der Waals surface area contributed by atoms with E-state index in [2.05, 4.69) is 16.4 Å². The highest BCUT2D eigenvalue weighted by Gasteiger charge is 2.09. The third-order valence-corrected chi connectivity index (χ3v) is 3.59. The molecule has 1 aromatic carbocycles. The van der Waals surface area contributed by atoms with E-state index >= 15 is 0 Å². The van der Waals surface area contributed by atoms with Gasteiger partial charge in [-0.1, -0.05) is 29.8 Å². The van der Waals surface area contributed by atoms with Gasteiger partial charge in [0.15, 0.2) is 0 Å². The number of aromatic nitrogens is 1. The topological polar surface area (TPSA) is 68.0 Å². The van der Waals surface area contributed by atoms with E-state index in [4.69, 9.17) is 5.73 Å². The molecule has 6 heteroatoms. The van der Waals surface area contributed by atoms with E-state index in [1.165, 1.54) is 16.9 Å². The van der Waals surface area contributed by atoms with E-state index in [0.717, 1.165) is 17.0 Å². The van der Waals surface area contributed by atoms with Crippen molar-refractivity contribution in [1.82, 2.24) is 10.3 Å². The molecule has 20 heavy (non-hydrogen) atoms. The number of benzene rings is 1. The van der Waals surface area contributed by atoms with Crippen LogP contribution in [0, 0.1) is 6.92 Å². The predicted molar refractivity (Wildman–Crippen MR) is 84.5 cm³/mol. The van der Waals surface area contributed by atoms with Gasteiger partial charge in [-0.15, -0.1) is 23.7 Å². The Balaban J connectivity index is 0.00000200. The van der Waals surface area contributed by atoms with Crippen LogP contribution < -0.4 is 11.1 Å². The molecule has 0 aliphatic carbocycles. The van der Waals surface area contributed by atoms with Crippen molar-refractivity contribution in [2.75, 3.05) is 6.54 Å². The van der Waals surface area contributed by atoms with Crippen LogP contribution in [-0.4, -0.2) is 17.4 Å². The van der Waals surface area contributed by atoms with Crippen LogP contribution in [0.5, 0.6) is 0 Å². The van der Waals surface area contributed by atoms with Gasteiger partial charge in [-0.25, -0.2) is 4.98 Å². The fourth-order valence-electron chi connectivity index (χ4n) is 1.75. The lowest BCUT2D eigenvalue weighted by Gasteiger charge is -2.04. The van der Waals surface area contributed by atoms with Crippen molar-refractivity contribution in [3.05, 3.63) is 51.5 Å². The van der Waals surface area contributed by atoms with Crippen molar-refractivity contribution in [2.24, 2.45) is 5.73 Å². The minimum Gasteiger partial charge on any atom is -0.347 e. The summed E-state index contributed by atoms with van der Waals surface area (Å²) in [5.74, 6) is -0.138. The van der Waals surface area contributed by atoms with E-state index in [1.807, 2.05) is 25.1 Å². The van der Waals surface area contributed by atoms with Crippen LogP contribution in [0.2, 0.25) is 0 Å². The maximum atomic E-state index is 11.9. The first-order valence-electron chi connectivity index (χ1n) is 6.17. The molecule has 0 fully saturated rings. The van der Waals surface area contributed by atoms with Crippen LogP contribution in [0.15, 0.2) is 29.6 Å². The van der Waals surface area contributed by atoms with Gasteiger partial charge in [0, 0.05) is 18.3 Å². The summed E-state index contributed by atoms with van der Waals surface area (Å²) in [6.07, 6.45) is 0.718. The highest BCUT2D eigenvalue weighted by molar-refractivity contribution is 7.09. The second-order valence-electron chi connectivity index (χ2n) is 4.34. The number of hydrogen-bond donors (Lipinski definition) is 2. The van der Waals surface area contributed by atoms with Crippen molar-refractivity contribution in [3.8, 4) is 0 Å². The zero-order valence-corrected chi connectivity index (χ0v) is 12.9. The zero-order chi connectivity index (χ0) is 13.7. The van der Waals surface area contributed by atoms with Crippen LogP contribution in [0.3, 0.4) is 0 Å². The van der Waals surface area contributed by atoms with E-state index < -0.39 is 0 Å². The van der Waals surface area contributed by atoms with Crippen molar-refractivity contribution in [3.63, 3.8) is 0 Å². The second kappa shape index (κ2) is 7.99. The molecule has 0 radical (unpaired) electrons. The van der Waals surface area contributed by atoms with Crippen molar-refractivity contribution in [2.45, 2.75) is 19.9 Å². The Kier molecular flexibility index (Phi) is 6.64. The number of nitrogens with two attached hydrogens (primary N) is 1. The van der Waals surface area contributed by atoms with Crippen LogP contribution in [0.4, 0.5) is 0 Å². The SMILES string of the molecule is Cc1cccc(CNC(=O)c2csc(CCN)n2)c1.Cl. The fraction of sp³-hybridized carbons (Fsp3) is 0.286. The molecule has 0 unspecified atom stereocenters. The summed E-state index contributed by atoms with van der Waals surface area (Å²) in [6.45, 7) is 3.10. The summed E-state index contributed by atoms with van der Waals surface area (Å²) in [5, 5.41) is 5.55. The summed E-state index contributed by atoms with van der Waals surface area (Å²) in [7, 11) is 0. The number of halogens is 1. The molecule has 0 spiro atoms. The maximum absolute atomic E-state index is 11.9. The molecule has 0 aliphatic rings. The molecule has 1 heterocycles. The summed E-state index contributed by atoms with van der Waals surface area (Å²) in [5.41, 5.74) is 8.21. The first-order valence-corrected chi connectivity index (χ1v) is 7.05. The zero-order valence-electron chi connectivity index (χ0n) is 11.3. The molecule has 0 saturated heterocycles. The summed E-state index contributed by atoms with van der Waals surface area (Å²) in [6, 6.07) is 8.07. The summed E-state index contributed by atoms with van der Waals surface area (Å²) >= 11 is 1.47. The number of thiazole rings is 1. The number of hydrogen-bond acceptors (Lipinski definition) is 4. The molecule has 2 rings (SSSR count). The number of rotatable bonds is 5. The summed E-state index contributed by atoms with van der Waals surface area (Å²) < 4.78 is 0. The monoisotopic (exact) mass is 311 g/mol. The van der Waals surface area contributed by atoms with Gasteiger partial charge in [-0.3, -0.25) is 4.79 Å². The molecular weight excluding hydrogens is 294 g/mol.